The molecule has 2 N–H and O–H groups in total. The zero-order chi connectivity index (χ0) is 14.7. The fourth-order valence-electron chi connectivity index (χ4n) is 4.65. The van der Waals surface area contributed by atoms with Crippen molar-refractivity contribution < 1.29 is 0 Å². The highest BCUT2D eigenvalue weighted by molar-refractivity contribution is 5.23. The van der Waals surface area contributed by atoms with Gasteiger partial charge in [-0.2, -0.15) is 0 Å². The van der Waals surface area contributed by atoms with Crippen LogP contribution in [0.1, 0.15) is 63.0 Å². The van der Waals surface area contributed by atoms with Crippen LogP contribution >= 0.6 is 0 Å². The van der Waals surface area contributed by atoms with Crippen LogP contribution in [0.4, 0.5) is 0 Å². The first-order valence-corrected chi connectivity index (χ1v) is 9.09. The lowest BCUT2D eigenvalue weighted by atomic mass is 9.66. The van der Waals surface area contributed by atoms with Crippen molar-refractivity contribution in [3.05, 3.63) is 35.4 Å². The number of rotatable bonds is 4. The van der Waals surface area contributed by atoms with Gasteiger partial charge in [-0.3, -0.25) is 0 Å². The Labute approximate surface area is 130 Å². The molecule has 1 nitrogen and oxygen atoms in total. The molecule has 116 valence electrons. The molecule has 3 rings (SSSR count). The molecule has 0 spiro atoms. The molecule has 0 aromatic heterocycles. The summed E-state index contributed by atoms with van der Waals surface area (Å²) in [5, 5.41) is 0. The summed E-state index contributed by atoms with van der Waals surface area (Å²) in [6, 6.07) is 9.45. The normalized spacial score (nSPS) is 30.7. The Kier molecular flexibility index (Phi) is 5.00. The van der Waals surface area contributed by atoms with Gasteiger partial charge in [-0.05, 0) is 61.0 Å². The lowest BCUT2D eigenvalue weighted by molar-refractivity contribution is 0.117. The zero-order valence-electron chi connectivity index (χ0n) is 13.6. The molecule has 0 heterocycles. The van der Waals surface area contributed by atoms with Crippen LogP contribution in [0.3, 0.4) is 0 Å². The summed E-state index contributed by atoms with van der Waals surface area (Å²) in [7, 11) is 0. The molecular weight excluding hydrogens is 254 g/mol. The van der Waals surface area contributed by atoms with E-state index in [0.717, 1.165) is 30.6 Å². The molecular formula is C20H31N. The predicted octanol–water partition coefficient (Wildman–Crippen LogP) is 4.73. The first-order valence-electron chi connectivity index (χ1n) is 9.09. The van der Waals surface area contributed by atoms with E-state index in [4.69, 9.17) is 5.73 Å². The van der Waals surface area contributed by atoms with Crippen molar-refractivity contribution in [2.24, 2.45) is 23.5 Å². The Morgan fingerprint density at radius 2 is 1.62 bits per heavy atom. The monoisotopic (exact) mass is 285 g/mol. The fourth-order valence-corrected chi connectivity index (χ4v) is 4.65. The van der Waals surface area contributed by atoms with E-state index in [-0.39, 0.29) is 0 Å². The molecule has 2 fully saturated rings. The highest BCUT2D eigenvalue weighted by atomic mass is 14.7. The van der Waals surface area contributed by atoms with Crippen molar-refractivity contribution >= 4 is 0 Å². The van der Waals surface area contributed by atoms with Crippen molar-refractivity contribution in [1.82, 2.24) is 0 Å². The van der Waals surface area contributed by atoms with Gasteiger partial charge < -0.3 is 5.73 Å². The topological polar surface area (TPSA) is 26.0 Å². The summed E-state index contributed by atoms with van der Waals surface area (Å²) in [4.78, 5) is 0. The molecule has 2 aliphatic rings. The van der Waals surface area contributed by atoms with Gasteiger partial charge >= 0.3 is 0 Å². The molecule has 1 aromatic carbocycles. The number of hydrogen-bond acceptors (Lipinski definition) is 1. The standard InChI is InChI=1S/C20H31N/c1-2-15-7-9-16(10-8-15)13-20(21)19-12-11-17-5-3-4-6-18(17)14-19/h7-10,17-20H,2-6,11-14,21H2,1H3. The van der Waals surface area contributed by atoms with Crippen LogP contribution in [0.2, 0.25) is 0 Å². The van der Waals surface area contributed by atoms with Gasteiger partial charge in [-0.25, -0.2) is 0 Å². The third-order valence-corrected chi connectivity index (χ3v) is 6.09. The van der Waals surface area contributed by atoms with Crippen LogP contribution < -0.4 is 5.73 Å². The predicted molar refractivity (Wildman–Crippen MR) is 90.3 cm³/mol. The minimum absolute atomic E-state index is 0.361. The largest absolute Gasteiger partial charge is 0.327 e. The number of aryl methyl sites for hydroxylation is 1. The van der Waals surface area contributed by atoms with Crippen LogP contribution in [0, 0.1) is 17.8 Å². The average Bonchev–Trinajstić information content (AvgIpc) is 2.55. The molecule has 0 bridgehead atoms. The lowest BCUT2D eigenvalue weighted by Crippen LogP contribution is -2.38. The molecule has 1 heteroatoms. The maximum absolute atomic E-state index is 6.57. The van der Waals surface area contributed by atoms with Crippen molar-refractivity contribution in [3.8, 4) is 0 Å². The highest BCUT2D eigenvalue weighted by Crippen LogP contribution is 2.43. The minimum atomic E-state index is 0.361. The van der Waals surface area contributed by atoms with Crippen molar-refractivity contribution in [2.45, 2.75) is 70.8 Å². The van der Waals surface area contributed by atoms with E-state index in [1.54, 1.807) is 0 Å². The van der Waals surface area contributed by atoms with E-state index >= 15 is 0 Å². The number of fused-ring (bicyclic) bond motifs is 1. The Morgan fingerprint density at radius 1 is 0.952 bits per heavy atom. The molecule has 0 radical (unpaired) electrons. The first-order chi connectivity index (χ1) is 10.3. The average molecular weight is 285 g/mol. The maximum atomic E-state index is 6.57. The summed E-state index contributed by atoms with van der Waals surface area (Å²) in [5.74, 6) is 2.78. The Bertz CT molecular complexity index is 436. The van der Waals surface area contributed by atoms with Crippen LogP contribution in [-0.4, -0.2) is 6.04 Å². The molecule has 1 aromatic rings. The van der Waals surface area contributed by atoms with Crippen molar-refractivity contribution in [3.63, 3.8) is 0 Å². The van der Waals surface area contributed by atoms with E-state index in [9.17, 15) is 0 Å². The fraction of sp³-hybridized carbons (Fsp3) is 0.700. The number of nitrogens with two attached hydrogens (primary N) is 1. The van der Waals surface area contributed by atoms with Crippen LogP contribution in [0.5, 0.6) is 0 Å². The summed E-state index contributed by atoms with van der Waals surface area (Å²) >= 11 is 0. The second-order valence-corrected chi connectivity index (χ2v) is 7.42. The van der Waals surface area contributed by atoms with Gasteiger partial charge in [0, 0.05) is 6.04 Å². The van der Waals surface area contributed by atoms with E-state index in [0.29, 0.717) is 6.04 Å². The summed E-state index contributed by atoms with van der Waals surface area (Å²) in [5.41, 5.74) is 9.42. The van der Waals surface area contributed by atoms with E-state index < -0.39 is 0 Å². The Hall–Kier alpha value is -0.820. The molecule has 4 unspecified atom stereocenters. The number of hydrogen-bond donors (Lipinski definition) is 1. The third kappa shape index (κ3) is 3.69. The smallest absolute Gasteiger partial charge is 0.0108 e. The van der Waals surface area contributed by atoms with E-state index in [1.807, 2.05) is 0 Å². The quantitative estimate of drug-likeness (QED) is 0.850. The first kappa shape index (κ1) is 15.1. The molecule has 0 saturated heterocycles. The molecule has 21 heavy (non-hydrogen) atoms. The highest BCUT2D eigenvalue weighted by Gasteiger charge is 2.34. The Balaban J connectivity index is 1.56. The molecule has 0 aliphatic heterocycles. The molecule has 0 amide bonds. The van der Waals surface area contributed by atoms with Gasteiger partial charge in [0.2, 0.25) is 0 Å². The Morgan fingerprint density at radius 3 is 2.33 bits per heavy atom. The van der Waals surface area contributed by atoms with Gasteiger partial charge in [0.05, 0.1) is 0 Å². The zero-order valence-corrected chi connectivity index (χ0v) is 13.6. The van der Waals surface area contributed by atoms with Crippen molar-refractivity contribution in [2.75, 3.05) is 0 Å². The summed E-state index contributed by atoms with van der Waals surface area (Å²) in [6.07, 6.45) is 12.3. The lowest BCUT2D eigenvalue weighted by Gasteiger charge is -2.41. The van der Waals surface area contributed by atoms with E-state index in [2.05, 4.69) is 31.2 Å². The van der Waals surface area contributed by atoms with Gasteiger partial charge in [0.15, 0.2) is 0 Å². The van der Waals surface area contributed by atoms with Crippen molar-refractivity contribution in [1.29, 1.82) is 0 Å². The third-order valence-electron chi connectivity index (χ3n) is 6.09. The minimum Gasteiger partial charge on any atom is -0.327 e. The number of benzene rings is 1. The van der Waals surface area contributed by atoms with Crippen LogP contribution in [0.25, 0.3) is 0 Å². The maximum Gasteiger partial charge on any atom is 0.0108 e. The van der Waals surface area contributed by atoms with Gasteiger partial charge in [0.25, 0.3) is 0 Å². The van der Waals surface area contributed by atoms with Gasteiger partial charge in [-0.15, -0.1) is 0 Å². The van der Waals surface area contributed by atoms with Crippen LogP contribution in [-0.2, 0) is 12.8 Å². The second-order valence-electron chi connectivity index (χ2n) is 7.42. The van der Waals surface area contributed by atoms with Crippen LogP contribution in [0.15, 0.2) is 24.3 Å². The van der Waals surface area contributed by atoms with E-state index in [1.165, 1.54) is 56.1 Å². The second kappa shape index (κ2) is 6.96. The van der Waals surface area contributed by atoms with Gasteiger partial charge in [0.1, 0.15) is 0 Å². The molecule has 4 atom stereocenters. The molecule has 2 saturated carbocycles. The SMILES string of the molecule is CCc1ccc(CC(N)C2CCC3CCCCC3C2)cc1. The summed E-state index contributed by atoms with van der Waals surface area (Å²) in [6.45, 7) is 2.21. The molecule has 2 aliphatic carbocycles. The van der Waals surface area contributed by atoms with Gasteiger partial charge in [-0.1, -0.05) is 56.9 Å². The summed E-state index contributed by atoms with van der Waals surface area (Å²) < 4.78 is 0.